The fourth-order valence-electron chi connectivity index (χ4n) is 3.34. The van der Waals surface area contributed by atoms with Crippen LogP contribution in [-0.4, -0.2) is 35.0 Å². The second kappa shape index (κ2) is 12.0. The number of aromatic nitrogens is 3. The van der Waals surface area contributed by atoms with Crippen LogP contribution < -0.4 is 10.0 Å². The molecule has 0 bridgehead atoms. The topological polar surface area (TPSA) is 138 Å². The van der Waals surface area contributed by atoms with Crippen LogP contribution in [0.15, 0.2) is 52.4 Å². The number of nitrogens with zero attached hydrogens (tertiary/aromatic N) is 4. The highest BCUT2D eigenvalue weighted by Gasteiger charge is 2.16. The molecule has 1 amide bonds. The highest BCUT2D eigenvalue weighted by atomic mass is 32.2. The van der Waals surface area contributed by atoms with E-state index in [0.29, 0.717) is 39.3 Å². The van der Waals surface area contributed by atoms with Gasteiger partial charge >= 0.3 is 0 Å². The Labute approximate surface area is 215 Å². The molecule has 0 aliphatic rings. The summed E-state index contributed by atoms with van der Waals surface area (Å²) in [5, 5.41) is 12.7. The molecule has 0 fully saturated rings. The average Bonchev–Trinajstić information content (AvgIpc) is 2.78. The monoisotopic (exact) mass is 524 g/mol. The standard InChI is InChI=1S/C25H28N6O3S2/c1-16(2)13-21-6-5-19(15-26)24(30-21)35-12-11-23(32)29-20-7-9-22(10-8-20)36(33,34)31-25-27-17(3)14-18(4)28-25/h5-10,14,16H,11-13H2,1-4H3,(H,29,32)(H,27,28,31). The SMILES string of the molecule is Cc1cc(C)nc(NS(=O)(=O)c2ccc(NC(=O)CCSc3nc(CC(C)C)ccc3C#N)cc2)n1. The summed E-state index contributed by atoms with van der Waals surface area (Å²) in [6.45, 7) is 7.72. The van der Waals surface area contributed by atoms with Crippen molar-refractivity contribution in [1.82, 2.24) is 15.0 Å². The number of anilines is 2. The zero-order chi connectivity index (χ0) is 26.3. The molecule has 9 nitrogen and oxygen atoms in total. The van der Waals surface area contributed by atoms with Crippen LogP contribution in [-0.2, 0) is 21.2 Å². The Balaban J connectivity index is 1.56. The molecule has 0 unspecified atom stereocenters. The van der Waals surface area contributed by atoms with Gasteiger partial charge in [0.15, 0.2) is 0 Å². The van der Waals surface area contributed by atoms with Crippen molar-refractivity contribution < 1.29 is 13.2 Å². The molecule has 3 rings (SSSR count). The van der Waals surface area contributed by atoms with Gasteiger partial charge in [-0.2, -0.15) is 5.26 Å². The highest BCUT2D eigenvalue weighted by molar-refractivity contribution is 7.99. The van der Waals surface area contributed by atoms with Crippen molar-refractivity contribution in [3.8, 4) is 6.07 Å². The number of sulfonamides is 1. The summed E-state index contributed by atoms with van der Waals surface area (Å²) >= 11 is 1.37. The fraction of sp³-hybridized carbons (Fsp3) is 0.320. The maximum atomic E-state index is 12.7. The molecule has 0 aliphatic carbocycles. The predicted octanol–water partition coefficient (Wildman–Crippen LogP) is 4.48. The number of nitrogens with one attached hydrogen (secondary N) is 2. The first-order valence-corrected chi connectivity index (χ1v) is 13.8. The van der Waals surface area contributed by atoms with Crippen LogP contribution in [0.1, 0.15) is 42.9 Å². The van der Waals surface area contributed by atoms with Crippen molar-refractivity contribution in [3.63, 3.8) is 0 Å². The van der Waals surface area contributed by atoms with Crippen LogP contribution in [0.5, 0.6) is 0 Å². The van der Waals surface area contributed by atoms with Crippen molar-refractivity contribution in [2.45, 2.75) is 50.5 Å². The molecule has 11 heteroatoms. The molecule has 3 aromatic rings. The van der Waals surface area contributed by atoms with Gasteiger partial charge in [0.25, 0.3) is 10.0 Å². The fourth-order valence-corrected chi connectivity index (χ4v) is 5.21. The van der Waals surface area contributed by atoms with E-state index in [-0.39, 0.29) is 23.2 Å². The number of carbonyl (C=O) groups excluding carboxylic acids is 1. The van der Waals surface area contributed by atoms with Crippen molar-refractivity contribution >= 4 is 39.3 Å². The lowest BCUT2D eigenvalue weighted by Crippen LogP contribution is -2.16. The molecule has 1 aromatic carbocycles. The zero-order valence-corrected chi connectivity index (χ0v) is 22.2. The molecule has 188 valence electrons. The average molecular weight is 525 g/mol. The Morgan fingerprint density at radius 2 is 1.72 bits per heavy atom. The number of carbonyl (C=O) groups is 1. The Kier molecular flexibility index (Phi) is 9.01. The van der Waals surface area contributed by atoms with Crippen molar-refractivity contribution in [1.29, 1.82) is 5.26 Å². The first-order chi connectivity index (χ1) is 17.1. The number of hydrogen-bond donors (Lipinski definition) is 2. The third-order valence-corrected chi connectivity index (χ3v) is 7.22. The van der Waals surface area contributed by atoms with Crippen LogP contribution in [0, 0.1) is 31.1 Å². The molecular weight excluding hydrogens is 496 g/mol. The van der Waals surface area contributed by atoms with E-state index in [9.17, 15) is 18.5 Å². The van der Waals surface area contributed by atoms with Gasteiger partial charge in [0.05, 0.1) is 10.5 Å². The van der Waals surface area contributed by atoms with Gasteiger partial charge in [-0.05, 0) is 68.7 Å². The number of hydrogen-bond acceptors (Lipinski definition) is 8. The van der Waals surface area contributed by atoms with Crippen LogP contribution in [0.3, 0.4) is 0 Å². The van der Waals surface area contributed by atoms with Crippen LogP contribution in [0.25, 0.3) is 0 Å². The Hall–Kier alpha value is -3.49. The second-order valence-electron chi connectivity index (χ2n) is 8.62. The van der Waals surface area contributed by atoms with E-state index in [2.05, 4.69) is 44.9 Å². The normalized spacial score (nSPS) is 11.2. The second-order valence-corrected chi connectivity index (χ2v) is 11.4. The van der Waals surface area contributed by atoms with Gasteiger partial charge in [0, 0.05) is 34.9 Å². The minimum atomic E-state index is -3.88. The Bertz CT molecular complexity index is 1360. The van der Waals surface area contributed by atoms with E-state index >= 15 is 0 Å². The van der Waals surface area contributed by atoms with Crippen LogP contribution >= 0.6 is 11.8 Å². The highest BCUT2D eigenvalue weighted by Crippen LogP contribution is 2.23. The molecule has 0 saturated carbocycles. The first kappa shape index (κ1) is 27.1. The number of aryl methyl sites for hydroxylation is 2. The van der Waals surface area contributed by atoms with E-state index in [1.165, 1.54) is 36.0 Å². The lowest BCUT2D eigenvalue weighted by molar-refractivity contribution is -0.115. The number of nitriles is 1. The Morgan fingerprint density at radius 3 is 2.33 bits per heavy atom. The summed E-state index contributed by atoms with van der Waals surface area (Å²) in [7, 11) is -3.88. The first-order valence-electron chi connectivity index (χ1n) is 11.3. The molecule has 2 heterocycles. The maximum absolute atomic E-state index is 12.7. The molecule has 0 spiro atoms. The van der Waals surface area contributed by atoms with E-state index in [1.807, 2.05) is 6.07 Å². The van der Waals surface area contributed by atoms with Gasteiger partial charge in [-0.3, -0.25) is 4.79 Å². The Morgan fingerprint density at radius 1 is 1.06 bits per heavy atom. The number of pyridine rings is 1. The number of amides is 1. The van der Waals surface area contributed by atoms with E-state index in [0.717, 1.165) is 12.1 Å². The molecule has 0 atom stereocenters. The van der Waals surface area contributed by atoms with Gasteiger partial charge in [-0.25, -0.2) is 28.1 Å². The summed E-state index contributed by atoms with van der Waals surface area (Å²) in [5.74, 6) is 0.680. The molecule has 0 aliphatic heterocycles. The largest absolute Gasteiger partial charge is 0.326 e. The molecule has 0 radical (unpaired) electrons. The minimum absolute atomic E-state index is 0.00571. The van der Waals surface area contributed by atoms with Crippen molar-refractivity contribution in [2.24, 2.45) is 5.92 Å². The van der Waals surface area contributed by atoms with Crippen molar-refractivity contribution in [3.05, 3.63) is 65.1 Å². The summed E-state index contributed by atoms with van der Waals surface area (Å²) in [5.41, 5.74) is 3.19. The van der Waals surface area contributed by atoms with E-state index in [1.54, 1.807) is 26.0 Å². The molecule has 0 saturated heterocycles. The number of benzene rings is 1. The predicted molar refractivity (Wildman–Crippen MR) is 140 cm³/mol. The number of rotatable bonds is 10. The molecule has 36 heavy (non-hydrogen) atoms. The summed E-state index contributed by atoms with van der Waals surface area (Å²) in [6.07, 6.45) is 1.02. The maximum Gasteiger partial charge on any atom is 0.264 e. The van der Waals surface area contributed by atoms with E-state index < -0.39 is 10.0 Å². The van der Waals surface area contributed by atoms with Gasteiger partial charge in [0.1, 0.15) is 11.1 Å². The quantitative estimate of drug-likeness (QED) is 0.370. The summed E-state index contributed by atoms with van der Waals surface area (Å²) in [6, 6.07) is 13.4. The molecular formula is C25H28N6O3S2. The number of thioether (sulfide) groups is 1. The van der Waals surface area contributed by atoms with Crippen LogP contribution in [0.2, 0.25) is 0 Å². The van der Waals surface area contributed by atoms with Crippen molar-refractivity contribution in [2.75, 3.05) is 15.8 Å². The zero-order valence-electron chi connectivity index (χ0n) is 20.6. The molecule has 2 N–H and O–H groups in total. The molecule has 2 aromatic heterocycles. The van der Waals surface area contributed by atoms with Gasteiger partial charge < -0.3 is 5.32 Å². The van der Waals surface area contributed by atoms with E-state index in [4.69, 9.17) is 0 Å². The third-order valence-electron chi connectivity index (χ3n) is 4.88. The lowest BCUT2D eigenvalue weighted by Gasteiger charge is -2.10. The van der Waals surface area contributed by atoms with Crippen LogP contribution in [0.4, 0.5) is 11.6 Å². The summed E-state index contributed by atoms with van der Waals surface area (Å²) in [4.78, 5) is 25.2. The summed E-state index contributed by atoms with van der Waals surface area (Å²) < 4.78 is 27.7. The van der Waals surface area contributed by atoms with Gasteiger partial charge in [0.2, 0.25) is 11.9 Å². The van der Waals surface area contributed by atoms with Gasteiger partial charge in [-0.1, -0.05) is 13.8 Å². The third kappa shape index (κ3) is 7.76. The van der Waals surface area contributed by atoms with Gasteiger partial charge in [-0.15, -0.1) is 11.8 Å². The smallest absolute Gasteiger partial charge is 0.264 e. The minimum Gasteiger partial charge on any atom is -0.326 e. The lowest BCUT2D eigenvalue weighted by atomic mass is 10.1.